The highest BCUT2D eigenvalue weighted by atomic mass is 15.2. The molecule has 0 atom stereocenters. The summed E-state index contributed by atoms with van der Waals surface area (Å²) < 4.78 is 0. The van der Waals surface area contributed by atoms with Crippen LogP contribution in [0, 0.1) is 11.3 Å². The molecule has 0 saturated heterocycles. The molecular weight excluding hydrogens is 198 g/mol. The predicted octanol–water partition coefficient (Wildman–Crippen LogP) is 2.06. The van der Waals surface area contributed by atoms with Crippen LogP contribution in [0.15, 0.2) is 24.3 Å². The molecule has 1 N–H and O–H groups in total. The van der Waals surface area contributed by atoms with Crippen molar-refractivity contribution in [1.82, 2.24) is 4.90 Å². The molecular formula is C13H17N3. The number of nitrogens with one attached hydrogen (secondary N) is 1. The standard InChI is InChI=1S/C13H17N3/c1-16(13-6-7-13)9-8-15-12-4-2-11(10-14)3-5-12/h2-5,13,15H,6-9H2,1H3. The van der Waals surface area contributed by atoms with Gasteiger partial charge in [0.1, 0.15) is 0 Å². The number of hydrogen-bond acceptors (Lipinski definition) is 3. The number of anilines is 1. The summed E-state index contributed by atoms with van der Waals surface area (Å²) in [6.45, 7) is 2.03. The van der Waals surface area contributed by atoms with Gasteiger partial charge in [0.25, 0.3) is 0 Å². The van der Waals surface area contributed by atoms with Crippen LogP contribution in [-0.2, 0) is 0 Å². The van der Waals surface area contributed by atoms with E-state index < -0.39 is 0 Å². The number of rotatable bonds is 5. The van der Waals surface area contributed by atoms with Crippen molar-refractivity contribution in [3.05, 3.63) is 29.8 Å². The molecule has 1 aliphatic rings. The van der Waals surface area contributed by atoms with Gasteiger partial charge < -0.3 is 10.2 Å². The van der Waals surface area contributed by atoms with Gasteiger partial charge in [-0.25, -0.2) is 0 Å². The summed E-state index contributed by atoms with van der Waals surface area (Å²) in [4.78, 5) is 2.40. The molecule has 0 bridgehead atoms. The average Bonchev–Trinajstić information content (AvgIpc) is 3.14. The summed E-state index contributed by atoms with van der Waals surface area (Å²) in [6, 6.07) is 10.5. The van der Waals surface area contributed by atoms with Crippen LogP contribution in [0.2, 0.25) is 0 Å². The van der Waals surface area contributed by atoms with Crippen molar-refractivity contribution in [2.45, 2.75) is 18.9 Å². The van der Waals surface area contributed by atoms with Gasteiger partial charge >= 0.3 is 0 Å². The van der Waals surface area contributed by atoms with Gasteiger partial charge in [0.05, 0.1) is 11.6 Å². The highest BCUT2D eigenvalue weighted by Crippen LogP contribution is 2.24. The third kappa shape index (κ3) is 2.98. The lowest BCUT2D eigenvalue weighted by Gasteiger charge is -2.16. The fourth-order valence-electron chi connectivity index (χ4n) is 1.74. The Kier molecular flexibility index (Phi) is 3.43. The Labute approximate surface area is 96.7 Å². The summed E-state index contributed by atoms with van der Waals surface area (Å²) in [7, 11) is 2.18. The molecule has 0 heterocycles. The Morgan fingerprint density at radius 2 is 2.06 bits per heavy atom. The zero-order valence-electron chi connectivity index (χ0n) is 9.61. The molecule has 0 amide bonds. The third-order valence-corrected chi connectivity index (χ3v) is 2.98. The summed E-state index contributed by atoms with van der Waals surface area (Å²) >= 11 is 0. The van der Waals surface area contributed by atoms with Crippen LogP contribution < -0.4 is 5.32 Å². The smallest absolute Gasteiger partial charge is 0.0991 e. The van der Waals surface area contributed by atoms with E-state index in [9.17, 15) is 0 Å². The second-order valence-electron chi connectivity index (χ2n) is 4.33. The van der Waals surface area contributed by atoms with E-state index in [0.717, 1.165) is 24.8 Å². The van der Waals surface area contributed by atoms with E-state index in [-0.39, 0.29) is 0 Å². The third-order valence-electron chi connectivity index (χ3n) is 2.98. The largest absolute Gasteiger partial charge is 0.384 e. The Bertz CT molecular complexity index is 373. The number of nitriles is 1. The Hall–Kier alpha value is -1.53. The van der Waals surface area contributed by atoms with E-state index in [1.54, 1.807) is 0 Å². The van der Waals surface area contributed by atoms with Gasteiger partial charge in [0, 0.05) is 24.8 Å². The molecule has 1 aliphatic carbocycles. The van der Waals surface area contributed by atoms with Crippen LogP contribution in [-0.4, -0.2) is 31.1 Å². The molecule has 16 heavy (non-hydrogen) atoms. The van der Waals surface area contributed by atoms with Crippen LogP contribution in [0.3, 0.4) is 0 Å². The number of benzene rings is 1. The van der Waals surface area contributed by atoms with E-state index in [1.165, 1.54) is 12.8 Å². The van der Waals surface area contributed by atoms with E-state index in [4.69, 9.17) is 5.26 Å². The predicted molar refractivity (Wildman–Crippen MR) is 65.3 cm³/mol. The average molecular weight is 215 g/mol. The quantitative estimate of drug-likeness (QED) is 0.817. The number of nitrogens with zero attached hydrogens (tertiary/aromatic N) is 2. The van der Waals surface area contributed by atoms with Gasteiger partial charge in [-0.1, -0.05) is 0 Å². The van der Waals surface area contributed by atoms with Crippen LogP contribution in [0.1, 0.15) is 18.4 Å². The number of likely N-dealkylation sites (N-methyl/N-ethyl adjacent to an activating group) is 1. The highest BCUT2D eigenvalue weighted by Gasteiger charge is 2.25. The molecule has 0 aromatic heterocycles. The Balaban J connectivity index is 1.74. The second kappa shape index (κ2) is 5.00. The lowest BCUT2D eigenvalue weighted by Crippen LogP contribution is -2.26. The number of hydrogen-bond donors (Lipinski definition) is 1. The highest BCUT2D eigenvalue weighted by molar-refractivity contribution is 5.47. The first-order valence-corrected chi connectivity index (χ1v) is 5.74. The minimum atomic E-state index is 0.709. The lowest BCUT2D eigenvalue weighted by atomic mass is 10.2. The molecule has 2 rings (SSSR count). The van der Waals surface area contributed by atoms with Crippen LogP contribution in [0.4, 0.5) is 5.69 Å². The van der Waals surface area contributed by atoms with Crippen molar-refractivity contribution in [2.75, 3.05) is 25.5 Å². The van der Waals surface area contributed by atoms with Crippen LogP contribution in [0.25, 0.3) is 0 Å². The van der Waals surface area contributed by atoms with E-state index in [0.29, 0.717) is 5.56 Å². The zero-order valence-corrected chi connectivity index (χ0v) is 9.61. The molecule has 84 valence electrons. The first-order valence-electron chi connectivity index (χ1n) is 5.74. The topological polar surface area (TPSA) is 39.1 Å². The van der Waals surface area contributed by atoms with Crippen molar-refractivity contribution < 1.29 is 0 Å². The molecule has 1 saturated carbocycles. The Morgan fingerprint density at radius 3 is 2.62 bits per heavy atom. The van der Waals surface area contributed by atoms with Gasteiger partial charge in [-0.3, -0.25) is 0 Å². The molecule has 0 aliphatic heterocycles. The monoisotopic (exact) mass is 215 g/mol. The minimum Gasteiger partial charge on any atom is -0.384 e. The molecule has 3 nitrogen and oxygen atoms in total. The molecule has 1 aromatic rings. The molecule has 3 heteroatoms. The SMILES string of the molecule is CN(CCNc1ccc(C#N)cc1)C1CC1. The lowest BCUT2D eigenvalue weighted by molar-refractivity contribution is 0.337. The van der Waals surface area contributed by atoms with Gasteiger partial charge in [-0.2, -0.15) is 5.26 Å². The van der Waals surface area contributed by atoms with Crippen molar-refractivity contribution in [3.63, 3.8) is 0 Å². The van der Waals surface area contributed by atoms with E-state index >= 15 is 0 Å². The summed E-state index contributed by atoms with van der Waals surface area (Å²) in [6.07, 6.45) is 2.71. The van der Waals surface area contributed by atoms with Crippen molar-refractivity contribution in [1.29, 1.82) is 5.26 Å². The van der Waals surface area contributed by atoms with Crippen molar-refractivity contribution >= 4 is 5.69 Å². The van der Waals surface area contributed by atoms with Crippen molar-refractivity contribution in [2.24, 2.45) is 0 Å². The van der Waals surface area contributed by atoms with Gasteiger partial charge in [0.2, 0.25) is 0 Å². The van der Waals surface area contributed by atoms with E-state index in [1.807, 2.05) is 24.3 Å². The fourth-order valence-corrected chi connectivity index (χ4v) is 1.74. The van der Waals surface area contributed by atoms with E-state index in [2.05, 4.69) is 23.3 Å². The molecule has 0 unspecified atom stereocenters. The van der Waals surface area contributed by atoms with Gasteiger partial charge in [-0.15, -0.1) is 0 Å². The van der Waals surface area contributed by atoms with Crippen molar-refractivity contribution in [3.8, 4) is 6.07 Å². The fraction of sp³-hybridized carbons (Fsp3) is 0.462. The van der Waals surface area contributed by atoms with Gasteiger partial charge in [-0.05, 0) is 44.2 Å². The summed E-state index contributed by atoms with van der Waals surface area (Å²) in [5.74, 6) is 0. The maximum atomic E-state index is 8.67. The van der Waals surface area contributed by atoms with Gasteiger partial charge in [0.15, 0.2) is 0 Å². The molecule has 0 radical (unpaired) electrons. The Morgan fingerprint density at radius 1 is 1.38 bits per heavy atom. The summed E-state index contributed by atoms with van der Waals surface area (Å²) in [5, 5.41) is 12.0. The summed E-state index contributed by atoms with van der Waals surface area (Å²) in [5.41, 5.74) is 1.80. The first kappa shape index (κ1) is 11.0. The molecule has 1 aromatic carbocycles. The second-order valence-corrected chi connectivity index (χ2v) is 4.33. The van der Waals surface area contributed by atoms with Crippen LogP contribution in [0.5, 0.6) is 0 Å². The maximum Gasteiger partial charge on any atom is 0.0991 e. The normalized spacial score (nSPS) is 14.8. The zero-order chi connectivity index (χ0) is 11.4. The minimum absolute atomic E-state index is 0.709. The molecule has 1 fully saturated rings. The maximum absolute atomic E-state index is 8.67. The molecule has 0 spiro atoms. The van der Waals surface area contributed by atoms with Crippen LogP contribution >= 0.6 is 0 Å². The first-order chi connectivity index (χ1) is 7.79.